The van der Waals surface area contributed by atoms with E-state index < -0.39 is 0 Å². The van der Waals surface area contributed by atoms with Crippen LogP contribution in [0.3, 0.4) is 0 Å². The van der Waals surface area contributed by atoms with Crippen molar-refractivity contribution >= 4 is 5.91 Å². The Balaban J connectivity index is 2.43. The van der Waals surface area contributed by atoms with Crippen molar-refractivity contribution in [3.05, 3.63) is 35.9 Å². The zero-order valence-corrected chi connectivity index (χ0v) is 10.9. The van der Waals surface area contributed by atoms with Gasteiger partial charge in [0, 0.05) is 25.6 Å². The molecule has 0 saturated carbocycles. The second-order valence-corrected chi connectivity index (χ2v) is 5.22. The fourth-order valence-corrected chi connectivity index (χ4v) is 1.57. The van der Waals surface area contributed by atoms with E-state index in [2.05, 4.69) is 0 Å². The van der Waals surface area contributed by atoms with Crippen LogP contribution < -0.4 is 5.73 Å². The molecule has 0 aliphatic carbocycles. The van der Waals surface area contributed by atoms with Gasteiger partial charge in [0.15, 0.2) is 0 Å². The predicted molar refractivity (Wildman–Crippen MR) is 70.4 cm³/mol. The molecule has 0 unspecified atom stereocenters. The van der Waals surface area contributed by atoms with Crippen LogP contribution in [0.2, 0.25) is 0 Å². The molecule has 0 atom stereocenters. The number of nitrogens with zero attached hydrogens (tertiary/aromatic N) is 1. The van der Waals surface area contributed by atoms with Gasteiger partial charge in [0.1, 0.15) is 0 Å². The number of amides is 1. The minimum Gasteiger partial charge on any atom is -0.341 e. The summed E-state index contributed by atoms with van der Waals surface area (Å²) in [5.74, 6) is 0.146. The lowest BCUT2D eigenvalue weighted by atomic mass is 10.00. The number of carbonyl (C=O) groups excluding carboxylic acids is 1. The van der Waals surface area contributed by atoms with Crippen LogP contribution in [0.15, 0.2) is 30.3 Å². The van der Waals surface area contributed by atoms with Gasteiger partial charge in [-0.3, -0.25) is 4.79 Å². The lowest BCUT2D eigenvalue weighted by Crippen LogP contribution is -2.34. The Hall–Kier alpha value is -1.35. The van der Waals surface area contributed by atoms with Crippen molar-refractivity contribution in [2.24, 2.45) is 5.73 Å². The maximum Gasteiger partial charge on any atom is 0.222 e. The standard InChI is InChI=1S/C14H22N2O/c1-14(2,15)10-9-13(17)16(3)11-12-7-5-4-6-8-12/h4-8H,9-11,15H2,1-3H3. The second-order valence-electron chi connectivity index (χ2n) is 5.22. The first-order chi connectivity index (χ1) is 7.88. The van der Waals surface area contributed by atoms with E-state index in [0.717, 1.165) is 5.56 Å². The molecule has 1 amide bonds. The van der Waals surface area contributed by atoms with Crippen LogP contribution in [0.4, 0.5) is 0 Å². The average molecular weight is 234 g/mol. The van der Waals surface area contributed by atoms with Crippen molar-refractivity contribution in [1.82, 2.24) is 4.90 Å². The molecule has 17 heavy (non-hydrogen) atoms. The van der Waals surface area contributed by atoms with Crippen molar-refractivity contribution < 1.29 is 4.79 Å². The van der Waals surface area contributed by atoms with Gasteiger partial charge in [0.05, 0.1) is 0 Å². The molecule has 3 heteroatoms. The van der Waals surface area contributed by atoms with Gasteiger partial charge in [0.25, 0.3) is 0 Å². The molecule has 0 aliphatic heterocycles. The lowest BCUT2D eigenvalue weighted by molar-refractivity contribution is -0.130. The molecular weight excluding hydrogens is 212 g/mol. The molecule has 1 rings (SSSR count). The number of benzene rings is 1. The zero-order chi connectivity index (χ0) is 12.9. The molecule has 1 aromatic rings. The minimum atomic E-state index is -0.275. The maximum atomic E-state index is 11.9. The summed E-state index contributed by atoms with van der Waals surface area (Å²) in [4.78, 5) is 13.6. The third kappa shape index (κ3) is 5.50. The predicted octanol–water partition coefficient (Wildman–Crippen LogP) is 2.16. The zero-order valence-electron chi connectivity index (χ0n) is 10.9. The van der Waals surface area contributed by atoms with E-state index in [1.54, 1.807) is 4.90 Å². The van der Waals surface area contributed by atoms with Crippen LogP contribution >= 0.6 is 0 Å². The highest BCUT2D eigenvalue weighted by molar-refractivity contribution is 5.75. The molecule has 0 fully saturated rings. The first-order valence-corrected chi connectivity index (χ1v) is 5.95. The summed E-state index contributed by atoms with van der Waals surface area (Å²) in [7, 11) is 1.83. The van der Waals surface area contributed by atoms with Crippen LogP contribution in [0.5, 0.6) is 0 Å². The van der Waals surface area contributed by atoms with Gasteiger partial charge >= 0.3 is 0 Å². The van der Waals surface area contributed by atoms with Crippen molar-refractivity contribution in [2.75, 3.05) is 7.05 Å². The normalized spacial score (nSPS) is 11.3. The quantitative estimate of drug-likeness (QED) is 0.848. The number of rotatable bonds is 5. The Morgan fingerprint density at radius 2 is 1.88 bits per heavy atom. The summed E-state index contributed by atoms with van der Waals surface area (Å²) in [5.41, 5.74) is 6.74. The highest BCUT2D eigenvalue weighted by atomic mass is 16.2. The first kappa shape index (κ1) is 13.7. The highest BCUT2D eigenvalue weighted by Gasteiger charge is 2.15. The van der Waals surface area contributed by atoms with E-state index in [1.807, 2.05) is 51.2 Å². The van der Waals surface area contributed by atoms with Crippen LogP contribution in [0, 0.1) is 0 Å². The SMILES string of the molecule is CN(Cc1ccccc1)C(=O)CCC(C)(C)N. The van der Waals surface area contributed by atoms with Crippen LogP contribution in [0.1, 0.15) is 32.3 Å². The Morgan fingerprint density at radius 1 is 1.29 bits per heavy atom. The second kappa shape index (κ2) is 5.82. The molecule has 0 aromatic heterocycles. The van der Waals surface area contributed by atoms with Crippen molar-refractivity contribution in [3.8, 4) is 0 Å². The summed E-state index contributed by atoms with van der Waals surface area (Å²) in [6, 6.07) is 9.99. The minimum absolute atomic E-state index is 0.146. The van der Waals surface area contributed by atoms with Crippen LogP contribution in [-0.2, 0) is 11.3 Å². The summed E-state index contributed by atoms with van der Waals surface area (Å²) < 4.78 is 0. The smallest absolute Gasteiger partial charge is 0.222 e. The van der Waals surface area contributed by atoms with Gasteiger partial charge in [-0.25, -0.2) is 0 Å². The topological polar surface area (TPSA) is 46.3 Å². The fourth-order valence-electron chi connectivity index (χ4n) is 1.57. The van der Waals surface area contributed by atoms with E-state index >= 15 is 0 Å². The largest absolute Gasteiger partial charge is 0.341 e. The molecular formula is C14H22N2O. The van der Waals surface area contributed by atoms with Crippen LogP contribution in [-0.4, -0.2) is 23.4 Å². The summed E-state index contributed by atoms with van der Waals surface area (Å²) in [5, 5.41) is 0. The summed E-state index contributed by atoms with van der Waals surface area (Å²) in [6.45, 7) is 4.54. The molecule has 2 N–H and O–H groups in total. The van der Waals surface area contributed by atoms with E-state index in [9.17, 15) is 4.79 Å². The van der Waals surface area contributed by atoms with Gasteiger partial charge in [-0.15, -0.1) is 0 Å². The van der Waals surface area contributed by atoms with Gasteiger partial charge in [-0.2, -0.15) is 0 Å². The molecule has 1 aromatic carbocycles. The Bertz CT molecular complexity index is 354. The average Bonchev–Trinajstić information content (AvgIpc) is 2.26. The molecule has 0 bridgehead atoms. The maximum absolute atomic E-state index is 11.9. The van der Waals surface area contributed by atoms with Gasteiger partial charge < -0.3 is 10.6 Å². The van der Waals surface area contributed by atoms with E-state index in [1.165, 1.54) is 0 Å². The number of hydrogen-bond donors (Lipinski definition) is 1. The Labute approximate surface area is 104 Å². The first-order valence-electron chi connectivity index (χ1n) is 5.95. The number of carbonyl (C=O) groups is 1. The monoisotopic (exact) mass is 234 g/mol. The Kier molecular flexibility index (Phi) is 4.70. The number of hydrogen-bond acceptors (Lipinski definition) is 2. The third-order valence-electron chi connectivity index (χ3n) is 2.67. The van der Waals surface area contributed by atoms with Gasteiger partial charge in [-0.05, 0) is 25.8 Å². The number of nitrogens with two attached hydrogens (primary N) is 1. The molecule has 0 saturated heterocycles. The lowest BCUT2D eigenvalue weighted by Gasteiger charge is -2.21. The molecule has 0 aliphatic rings. The third-order valence-corrected chi connectivity index (χ3v) is 2.67. The van der Waals surface area contributed by atoms with E-state index in [-0.39, 0.29) is 11.4 Å². The molecule has 0 spiro atoms. The van der Waals surface area contributed by atoms with Crippen molar-refractivity contribution in [1.29, 1.82) is 0 Å². The van der Waals surface area contributed by atoms with Crippen molar-refractivity contribution in [2.45, 2.75) is 38.8 Å². The van der Waals surface area contributed by atoms with E-state index in [0.29, 0.717) is 19.4 Å². The molecule has 3 nitrogen and oxygen atoms in total. The molecule has 0 radical (unpaired) electrons. The molecule has 0 heterocycles. The van der Waals surface area contributed by atoms with Crippen molar-refractivity contribution in [3.63, 3.8) is 0 Å². The highest BCUT2D eigenvalue weighted by Crippen LogP contribution is 2.10. The van der Waals surface area contributed by atoms with Gasteiger partial charge in [-0.1, -0.05) is 30.3 Å². The fraction of sp³-hybridized carbons (Fsp3) is 0.500. The Morgan fingerprint density at radius 3 is 2.41 bits per heavy atom. The summed E-state index contributed by atoms with van der Waals surface area (Å²) in [6.07, 6.45) is 1.22. The van der Waals surface area contributed by atoms with Gasteiger partial charge in [0.2, 0.25) is 5.91 Å². The molecule has 94 valence electrons. The van der Waals surface area contributed by atoms with Crippen LogP contribution in [0.25, 0.3) is 0 Å². The van der Waals surface area contributed by atoms with E-state index in [4.69, 9.17) is 5.73 Å². The summed E-state index contributed by atoms with van der Waals surface area (Å²) >= 11 is 0.